The van der Waals surface area contributed by atoms with E-state index in [-0.39, 0.29) is 25.5 Å². The standard InChI is InChI=1S/C16H21F7O4/c1-5-6-10(9(2)3)14(18,19)16(22,23)15(20,21)13(4,17)27-12(26)8-7-11(24)25/h7-10H,5-6H2,1-4H3,(H,24,25). The molecule has 0 fully saturated rings. The minimum Gasteiger partial charge on any atom is -0.478 e. The number of alkyl halides is 7. The number of hydrogen-bond donors (Lipinski definition) is 1. The van der Waals surface area contributed by atoms with E-state index < -0.39 is 53.8 Å². The molecular weight excluding hydrogens is 389 g/mol. The third-order valence-corrected chi connectivity index (χ3v) is 3.90. The summed E-state index contributed by atoms with van der Waals surface area (Å²) in [4.78, 5) is 21.4. The molecule has 0 amide bonds. The van der Waals surface area contributed by atoms with Gasteiger partial charge in [-0.3, -0.25) is 0 Å². The van der Waals surface area contributed by atoms with E-state index in [2.05, 4.69) is 4.74 Å². The summed E-state index contributed by atoms with van der Waals surface area (Å²) >= 11 is 0. The van der Waals surface area contributed by atoms with Crippen molar-refractivity contribution in [3.8, 4) is 0 Å². The fourth-order valence-electron chi connectivity index (χ4n) is 2.39. The van der Waals surface area contributed by atoms with Gasteiger partial charge in [0.1, 0.15) is 0 Å². The average molecular weight is 410 g/mol. The van der Waals surface area contributed by atoms with Gasteiger partial charge in [-0.1, -0.05) is 27.2 Å². The maximum Gasteiger partial charge on any atom is 0.384 e. The van der Waals surface area contributed by atoms with E-state index in [1.54, 1.807) is 0 Å². The van der Waals surface area contributed by atoms with Gasteiger partial charge in [0.2, 0.25) is 0 Å². The summed E-state index contributed by atoms with van der Waals surface area (Å²) < 4.78 is 103. The molecule has 0 saturated carbocycles. The number of carbonyl (C=O) groups excluding carboxylic acids is 1. The first-order valence-electron chi connectivity index (χ1n) is 7.92. The van der Waals surface area contributed by atoms with Crippen molar-refractivity contribution in [2.24, 2.45) is 11.8 Å². The van der Waals surface area contributed by atoms with Crippen LogP contribution in [0, 0.1) is 11.8 Å². The normalized spacial score (nSPS) is 17.0. The van der Waals surface area contributed by atoms with Crippen molar-refractivity contribution in [2.45, 2.75) is 64.2 Å². The van der Waals surface area contributed by atoms with Gasteiger partial charge in [0, 0.05) is 25.0 Å². The number of rotatable bonds is 10. The second-order valence-electron chi connectivity index (χ2n) is 6.42. The number of ether oxygens (including phenoxy) is 1. The molecule has 0 aromatic carbocycles. The highest BCUT2D eigenvalue weighted by atomic mass is 19.3. The molecule has 0 saturated heterocycles. The number of halogens is 7. The van der Waals surface area contributed by atoms with Crippen molar-refractivity contribution < 1.29 is 50.2 Å². The molecule has 0 aromatic heterocycles. The Bertz CT molecular complexity index is 571. The van der Waals surface area contributed by atoms with Gasteiger partial charge in [0.05, 0.1) is 0 Å². The van der Waals surface area contributed by atoms with E-state index in [0.717, 1.165) is 13.8 Å². The average Bonchev–Trinajstić information content (AvgIpc) is 2.48. The first kappa shape index (κ1) is 25.2. The van der Waals surface area contributed by atoms with Crippen LogP contribution in [0.2, 0.25) is 0 Å². The summed E-state index contributed by atoms with van der Waals surface area (Å²) in [5.41, 5.74) is 0. The van der Waals surface area contributed by atoms with E-state index in [0.29, 0.717) is 0 Å². The molecular formula is C16H21F7O4. The molecule has 4 nitrogen and oxygen atoms in total. The van der Waals surface area contributed by atoms with Gasteiger partial charge >= 0.3 is 35.6 Å². The van der Waals surface area contributed by atoms with Gasteiger partial charge in [0.15, 0.2) is 0 Å². The molecule has 27 heavy (non-hydrogen) atoms. The highest BCUT2D eigenvalue weighted by molar-refractivity contribution is 5.90. The molecule has 0 aliphatic heterocycles. The van der Waals surface area contributed by atoms with Gasteiger partial charge in [-0.05, 0) is 12.3 Å². The predicted octanol–water partition coefficient (Wildman–Crippen LogP) is 4.83. The Morgan fingerprint density at radius 1 is 1.00 bits per heavy atom. The second-order valence-corrected chi connectivity index (χ2v) is 6.42. The van der Waals surface area contributed by atoms with Crippen LogP contribution >= 0.6 is 0 Å². The quantitative estimate of drug-likeness (QED) is 0.318. The first-order chi connectivity index (χ1) is 12.0. The Kier molecular flexibility index (Phi) is 7.90. The van der Waals surface area contributed by atoms with Crippen molar-refractivity contribution in [3.05, 3.63) is 12.2 Å². The number of carbonyl (C=O) groups is 2. The van der Waals surface area contributed by atoms with Crippen molar-refractivity contribution in [3.63, 3.8) is 0 Å². The molecule has 0 bridgehead atoms. The van der Waals surface area contributed by atoms with Crippen LogP contribution in [0.15, 0.2) is 12.2 Å². The molecule has 0 rings (SSSR count). The number of esters is 1. The zero-order valence-electron chi connectivity index (χ0n) is 15.0. The van der Waals surface area contributed by atoms with Crippen LogP contribution in [0.5, 0.6) is 0 Å². The summed E-state index contributed by atoms with van der Waals surface area (Å²) in [6, 6.07) is 0. The lowest BCUT2D eigenvalue weighted by molar-refractivity contribution is -0.387. The van der Waals surface area contributed by atoms with Crippen molar-refractivity contribution in [2.75, 3.05) is 0 Å². The Balaban J connectivity index is 5.91. The smallest absolute Gasteiger partial charge is 0.384 e. The van der Waals surface area contributed by atoms with E-state index >= 15 is 0 Å². The van der Waals surface area contributed by atoms with Crippen molar-refractivity contribution in [1.82, 2.24) is 0 Å². The SMILES string of the molecule is CCCC(C(C)C)C(F)(F)C(F)(F)C(F)(F)C(C)(F)OC(=O)C=CC(=O)O. The molecule has 0 aromatic rings. The van der Waals surface area contributed by atoms with Crippen LogP contribution in [-0.4, -0.2) is 40.7 Å². The summed E-state index contributed by atoms with van der Waals surface area (Å²) in [5.74, 6) is -29.6. The zero-order chi connectivity index (χ0) is 21.8. The minimum absolute atomic E-state index is 0.0120. The van der Waals surface area contributed by atoms with Gasteiger partial charge in [-0.2, -0.15) is 30.7 Å². The van der Waals surface area contributed by atoms with Gasteiger partial charge in [0.25, 0.3) is 0 Å². The Labute approximate surface area is 151 Å². The van der Waals surface area contributed by atoms with Crippen LogP contribution in [0.3, 0.4) is 0 Å². The maximum atomic E-state index is 14.3. The van der Waals surface area contributed by atoms with E-state index in [4.69, 9.17) is 5.11 Å². The van der Waals surface area contributed by atoms with Crippen LogP contribution in [0.1, 0.15) is 40.5 Å². The molecule has 0 spiro atoms. The molecule has 0 aliphatic carbocycles. The number of carboxylic acid groups (broad SMARTS) is 1. The van der Waals surface area contributed by atoms with Crippen LogP contribution < -0.4 is 0 Å². The van der Waals surface area contributed by atoms with Gasteiger partial charge < -0.3 is 9.84 Å². The minimum atomic E-state index is -6.20. The summed E-state index contributed by atoms with van der Waals surface area (Å²) in [6.07, 6.45) is -0.498. The third kappa shape index (κ3) is 5.13. The fraction of sp³-hybridized carbons (Fsp3) is 0.750. The van der Waals surface area contributed by atoms with E-state index in [1.165, 1.54) is 6.92 Å². The molecule has 0 radical (unpaired) electrons. The molecule has 0 aliphatic rings. The summed E-state index contributed by atoms with van der Waals surface area (Å²) in [6.45, 7) is 3.34. The third-order valence-electron chi connectivity index (χ3n) is 3.90. The number of hydrogen-bond acceptors (Lipinski definition) is 3. The van der Waals surface area contributed by atoms with Crippen molar-refractivity contribution in [1.29, 1.82) is 0 Å². The van der Waals surface area contributed by atoms with Crippen LogP contribution in [-0.2, 0) is 14.3 Å². The van der Waals surface area contributed by atoms with Crippen LogP contribution in [0.25, 0.3) is 0 Å². The van der Waals surface area contributed by atoms with E-state index in [9.17, 15) is 40.3 Å². The summed E-state index contributed by atoms with van der Waals surface area (Å²) in [7, 11) is 0. The largest absolute Gasteiger partial charge is 0.478 e. The predicted molar refractivity (Wildman–Crippen MR) is 80.5 cm³/mol. The molecule has 0 heterocycles. The van der Waals surface area contributed by atoms with Crippen molar-refractivity contribution >= 4 is 11.9 Å². The lowest BCUT2D eigenvalue weighted by Gasteiger charge is -2.41. The zero-order valence-corrected chi connectivity index (χ0v) is 15.0. The Hall–Kier alpha value is -1.81. The van der Waals surface area contributed by atoms with Crippen LogP contribution in [0.4, 0.5) is 30.7 Å². The Morgan fingerprint density at radius 2 is 1.48 bits per heavy atom. The number of aliphatic carboxylic acids is 1. The lowest BCUT2D eigenvalue weighted by atomic mass is 9.80. The number of carboxylic acids is 1. The Morgan fingerprint density at radius 3 is 1.85 bits per heavy atom. The molecule has 11 heteroatoms. The van der Waals surface area contributed by atoms with Gasteiger partial charge in [-0.25, -0.2) is 9.59 Å². The highest BCUT2D eigenvalue weighted by Gasteiger charge is 2.81. The van der Waals surface area contributed by atoms with E-state index in [1.807, 2.05) is 0 Å². The lowest BCUT2D eigenvalue weighted by Crippen LogP contribution is -2.65. The molecule has 1 N–H and O–H groups in total. The molecule has 2 atom stereocenters. The first-order valence-corrected chi connectivity index (χ1v) is 7.92. The second kappa shape index (κ2) is 8.47. The topological polar surface area (TPSA) is 63.6 Å². The highest BCUT2D eigenvalue weighted by Crippen LogP contribution is 2.56. The fourth-order valence-corrected chi connectivity index (χ4v) is 2.39. The molecule has 2 unspecified atom stereocenters. The maximum absolute atomic E-state index is 14.3. The summed E-state index contributed by atoms with van der Waals surface area (Å²) in [5, 5.41) is 8.26. The monoisotopic (exact) mass is 410 g/mol. The van der Waals surface area contributed by atoms with Gasteiger partial charge in [-0.15, -0.1) is 0 Å². The molecule has 158 valence electrons.